The zero-order valence-electron chi connectivity index (χ0n) is 10.1. The first-order valence-electron chi connectivity index (χ1n) is 5.39. The standard InChI is InChI=1S/C14H9N3O2/c1-18-14-6-10(7-15)2-5-13(14)19-12-4-3-11(8-16)17-9-12/h2-6,9H,1H3. The quantitative estimate of drug-likeness (QED) is 0.837. The third kappa shape index (κ3) is 2.80. The van der Waals surface area contributed by atoms with Crippen molar-refractivity contribution in [3.63, 3.8) is 0 Å². The van der Waals surface area contributed by atoms with E-state index in [1.54, 1.807) is 30.3 Å². The summed E-state index contributed by atoms with van der Waals surface area (Å²) in [4.78, 5) is 3.90. The Morgan fingerprint density at radius 2 is 1.89 bits per heavy atom. The van der Waals surface area contributed by atoms with Gasteiger partial charge in [-0.05, 0) is 24.3 Å². The molecule has 0 atom stereocenters. The minimum atomic E-state index is 0.319. The average molecular weight is 251 g/mol. The molecule has 0 saturated carbocycles. The van der Waals surface area contributed by atoms with Gasteiger partial charge in [0.25, 0.3) is 0 Å². The van der Waals surface area contributed by atoms with E-state index in [2.05, 4.69) is 4.98 Å². The van der Waals surface area contributed by atoms with Crippen molar-refractivity contribution in [2.24, 2.45) is 0 Å². The molecule has 5 nitrogen and oxygen atoms in total. The van der Waals surface area contributed by atoms with Crippen molar-refractivity contribution in [3.05, 3.63) is 47.8 Å². The minimum absolute atomic E-state index is 0.319. The van der Waals surface area contributed by atoms with Crippen molar-refractivity contribution in [3.8, 4) is 29.4 Å². The molecule has 92 valence electrons. The maximum Gasteiger partial charge on any atom is 0.169 e. The highest BCUT2D eigenvalue weighted by Crippen LogP contribution is 2.31. The molecule has 0 fully saturated rings. The molecule has 2 aromatic rings. The lowest BCUT2D eigenvalue weighted by Gasteiger charge is -2.10. The molecular formula is C14H9N3O2. The van der Waals surface area contributed by atoms with E-state index in [-0.39, 0.29) is 0 Å². The van der Waals surface area contributed by atoms with Crippen LogP contribution in [0.15, 0.2) is 36.5 Å². The van der Waals surface area contributed by atoms with Crippen LogP contribution in [0.1, 0.15) is 11.3 Å². The van der Waals surface area contributed by atoms with Crippen molar-refractivity contribution in [1.82, 2.24) is 4.98 Å². The second kappa shape index (κ2) is 5.52. The highest BCUT2D eigenvalue weighted by molar-refractivity contribution is 5.48. The number of hydrogen-bond donors (Lipinski definition) is 0. The van der Waals surface area contributed by atoms with Crippen LogP contribution in [0.4, 0.5) is 0 Å². The van der Waals surface area contributed by atoms with Gasteiger partial charge >= 0.3 is 0 Å². The summed E-state index contributed by atoms with van der Waals surface area (Å²) in [6.45, 7) is 0. The number of hydrogen-bond acceptors (Lipinski definition) is 5. The molecule has 0 aliphatic carbocycles. The number of methoxy groups -OCH3 is 1. The van der Waals surface area contributed by atoms with E-state index in [0.29, 0.717) is 28.5 Å². The van der Waals surface area contributed by atoms with Gasteiger partial charge in [-0.2, -0.15) is 10.5 Å². The Kier molecular flexibility index (Phi) is 3.61. The summed E-state index contributed by atoms with van der Waals surface area (Å²) in [6.07, 6.45) is 1.45. The van der Waals surface area contributed by atoms with Crippen LogP contribution in [0.5, 0.6) is 17.2 Å². The molecule has 0 aliphatic rings. The first-order chi connectivity index (χ1) is 9.26. The normalized spacial score (nSPS) is 9.21. The highest BCUT2D eigenvalue weighted by atomic mass is 16.5. The van der Waals surface area contributed by atoms with Crippen LogP contribution in [-0.2, 0) is 0 Å². The molecule has 5 heteroatoms. The van der Waals surface area contributed by atoms with Gasteiger partial charge in [0.2, 0.25) is 0 Å². The summed E-state index contributed by atoms with van der Waals surface area (Å²) in [5.74, 6) is 1.43. The molecule has 19 heavy (non-hydrogen) atoms. The number of aromatic nitrogens is 1. The monoisotopic (exact) mass is 251 g/mol. The van der Waals surface area contributed by atoms with E-state index in [9.17, 15) is 0 Å². The van der Waals surface area contributed by atoms with Crippen LogP contribution in [0, 0.1) is 22.7 Å². The Balaban J connectivity index is 2.27. The van der Waals surface area contributed by atoms with Gasteiger partial charge in [-0.15, -0.1) is 0 Å². The number of pyridine rings is 1. The molecule has 2 rings (SSSR count). The van der Waals surface area contributed by atoms with Crippen molar-refractivity contribution in [1.29, 1.82) is 10.5 Å². The van der Waals surface area contributed by atoms with Gasteiger partial charge in [-0.25, -0.2) is 4.98 Å². The van der Waals surface area contributed by atoms with E-state index in [1.165, 1.54) is 13.3 Å². The second-order valence-electron chi connectivity index (χ2n) is 3.57. The fourth-order valence-electron chi connectivity index (χ4n) is 1.46. The lowest BCUT2D eigenvalue weighted by atomic mass is 10.2. The summed E-state index contributed by atoms with van der Waals surface area (Å²) in [5.41, 5.74) is 0.807. The summed E-state index contributed by atoms with van der Waals surface area (Å²) in [6, 6.07) is 12.0. The molecule has 1 heterocycles. The van der Waals surface area contributed by atoms with Gasteiger partial charge in [0.05, 0.1) is 24.9 Å². The van der Waals surface area contributed by atoms with Gasteiger partial charge in [-0.1, -0.05) is 0 Å². The number of ether oxygens (including phenoxy) is 2. The summed E-state index contributed by atoms with van der Waals surface area (Å²) in [7, 11) is 1.50. The van der Waals surface area contributed by atoms with E-state index in [1.807, 2.05) is 12.1 Å². The molecule has 0 bridgehead atoms. The maximum absolute atomic E-state index is 8.81. The Morgan fingerprint density at radius 3 is 2.47 bits per heavy atom. The molecule has 0 saturated heterocycles. The fourth-order valence-corrected chi connectivity index (χ4v) is 1.46. The van der Waals surface area contributed by atoms with E-state index >= 15 is 0 Å². The molecule has 0 amide bonds. The van der Waals surface area contributed by atoms with E-state index in [4.69, 9.17) is 20.0 Å². The number of rotatable bonds is 3. The van der Waals surface area contributed by atoms with E-state index < -0.39 is 0 Å². The number of benzene rings is 1. The molecule has 0 unspecified atom stereocenters. The van der Waals surface area contributed by atoms with Crippen molar-refractivity contribution >= 4 is 0 Å². The van der Waals surface area contributed by atoms with Crippen molar-refractivity contribution < 1.29 is 9.47 Å². The molecule has 0 spiro atoms. The Bertz CT molecular complexity index is 667. The molecule has 1 aromatic heterocycles. The third-order valence-corrected chi connectivity index (χ3v) is 2.37. The zero-order chi connectivity index (χ0) is 13.7. The first kappa shape index (κ1) is 12.4. The van der Waals surface area contributed by atoms with Crippen molar-refractivity contribution in [2.75, 3.05) is 7.11 Å². The van der Waals surface area contributed by atoms with Gasteiger partial charge in [0.1, 0.15) is 17.5 Å². The summed E-state index contributed by atoms with van der Waals surface area (Å²) >= 11 is 0. The minimum Gasteiger partial charge on any atom is -0.493 e. The topological polar surface area (TPSA) is 78.9 Å². The predicted octanol–water partition coefficient (Wildman–Crippen LogP) is 2.63. The molecule has 0 aliphatic heterocycles. The SMILES string of the molecule is COc1cc(C#N)ccc1Oc1ccc(C#N)nc1. The molecular weight excluding hydrogens is 242 g/mol. The predicted molar refractivity (Wildman–Crippen MR) is 66.7 cm³/mol. The van der Waals surface area contributed by atoms with Crippen LogP contribution in [0.25, 0.3) is 0 Å². The van der Waals surface area contributed by atoms with Crippen LogP contribution in [0.2, 0.25) is 0 Å². The lowest BCUT2D eigenvalue weighted by molar-refractivity contribution is 0.378. The molecule has 0 N–H and O–H groups in total. The Morgan fingerprint density at radius 1 is 1.05 bits per heavy atom. The second-order valence-corrected chi connectivity index (χ2v) is 3.57. The van der Waals surface area contributed by atoms with Gasteiger partial charge < -0.3 is 9.47 Å². The van der Waals surface area contributed by atoms with Gasteiger partial charge in [0.15, 0.2) is 11.5 Å². The molecule has 1 aromatic carbocycles. The summed E-state index contributed by atoms with van der Waals surface area (Å²) in [5, 5.41) is 17.5. The maximum atomic E-state index is 8.81. The van der Waals surface area contributed by atoms with Crippen LogP contribution in [0.3, 0.4) is 0 Å². The van der Waals surface area contributed by atoms with Crippen LogP contribution >= 0.6 is 0 Å². The first-order valence-corrected chi connectivity index (χ1v) is 5.39. The van der Waals surface area contributed by atoms with Crippen LogP contribution in [-0.4, -0.2) is 12.1 Å². The lowest BCUT2D eigenvalue weighted by Crippen LogP contribution is -1.92. The van der Waals surface area contributed by atoms with Gasteiger partial charge in [0, 0.05) is 6.07 Å². The summed E-state index contributed by atoms with van der Waals surface area (Å²) < 4.78 is 10.7. The molecule has 0 radical (unpaired) electrons. The number of nitrogens with zero attached hydrogens (tertiary/aromatic N) is 3. The van der Waals surface area contributed by atoms with Crippen LogP contribution < -0.4 is 9.47 Å². The Labute approximate surface area is 110 Å². The largest absolute Gasteiger partial charge is 0.493 e. The fraction of sp³-hybridized carbons (Fsp3) is 0.0714. The zero-order valence-corrected chi connectivity index (χ0v) is 10.1. The third-order valence-electron chi connectivity index (χ3n) is 2.37. The van der Waals surface area contributed by atoms with Crippen molar-refractivity contribution in [2.45, 2.75) is 0 Å². The Hall–Kier alpha value is -3.05. The smallest absolute Gasteiger partial charge is 0.169 e. The number of nitriles is 2. The average Bonchev–Trinajstić information content (AvgIpc) is 2.48. The van der Waals surface area contributed by atoms with Gasteiger partial charge in [-0.3, -0.25) is 0 Å². The van der Waals surface area contributed by atoms with E-state index in [0.717, 1.165) is 0 Å². The highest BCUT2D eigenvalue weighted by Gasteiger charge is 2.07.